The van der Waals surface area contributed by atoms with Gasteiger partial charge in [-0.15, -0.1) is 0 Å². The molecule has 0 aliphatic carbocycles. The first kappa shape index (κ1) is 8.52. The molecule has 0 spiro atoms. The van der Waals surface area contributed by atoms with Crippen molar-refractivity contribution in [3.05, 3.63) is 28.9 Å². The molecule has 0 amide bonds. The molecule has 0 saturated carbocycles. The zero-order chi connectivity index (χ0) is 8.43. The van der Waals surface area contributed by atoms with Crippen LogP contribution in [0.1, 0.15) is 12.7 Å². The quantitative estimate of drug-likeness (QED) is 0.747. The topological polar surface area (TPSA) is 17.8 Å². The van der Waals surface area contributed by atoms with Crippen LogP contribution in [0, 0.1) is 3.70 Å². The van der Waals surface area contributed by atoms with Crippen molar-refractivity contribution in [2.45, 2.75) is 6.92 Å². The SMILES string of the molecule is C=Cn1c(I)cnc1C(=C)C. The van der Waals surface area contributed by atoms with Gasteiger partial charge in [0.05, 0.1) is 6.20 Å². The van der Waals surface area contributed by atoms with E-state index in [0.717, 1.165) is 15.1 Å². The molecule has 2 nitrogen and oxygen atoms in total. The highest BCUT2D eigenvalue weighted by molar-refractivity contribution is 14.1. The van der Waals surface area contributed by atoms with Crippen LogP contribution in [-0.2, 0) is 0 Å². The van der Waals surface area contributed by atoms with Gasteiger partial charge in [0.25, 0.3) is 0 Å². The first-order valence-electron chi connectivity index (χ1n) is 3.18. The summed E-state index contributed by atoms with van der Waals surface area (Å²) in [5.74, 6) is 0.879. The standard InChI is InChI=1S/C8H9IN2/c1-4-11-7(9)5-10-8(11)6(2)3/h4-5H,1-2H2,3H3. The van der Waals surface area contributed by atoms with Crippen molar-refractivity contribution in [3.8, 4) is 0 Å². The molecule has 1 aromatic heterocycles. The van der Waals surface area contributed by atoms with Crippen LogP contribution < -0.4 is 0 Å². The minimum absolute atomic E-state index is 0.879. The van der Waals surface area contributed by atoms with Gasteiger partial charge in [-0.05, 0) is 35.1 Å². The first-order chi connectivity index (χ1) is 5.16. The average molecular weight is 260 g/mol. The van der Waals surface area contributed by atoms with Crippen molar-refractivity contribution >= 4 is 34.4 Å². The van der Waals surface area contributed by atoms with Crippen molar-refractivity contribution in [2.75, 3.05) is 0 Å². The van der Waals surface area contributed by atoms with Gasteiger partial charge in [0.1, 0.15) is 9.53 Å². The molecule has 1 heterocycles. The Hall–Kier alpha value is -0.580. The predicted molar refractivity (Wildman–Crippen MR) is 56.0 cm³/mol. The van der Waals surface area contributed by atoms with E-state index in [0.29, 0.717) is 0 Å². The third-order valence-electron chi connectivity index (χ3n) is 1.32. The molecule has 11 heavy (non-hydrogen) atoms. The molecule has 0 radical (unpaired) electrons. The second-order valence-electron chi connectivity index (χ2n) is 2.24. The Morgan fingerprint density at radius 2 is 2.45 bits per heavy atom. The van der Waals surface area contributed by atoms with Gasteiger partial charge in [-0.3, -0.25) is 4.57 Å². The van der Waals surface area contributed by atoms with Crippen LogP contribution in [0.2, 0.25) is 0 Å². The van der Waals surface area contributed by atoms with Gasteiger partial charge in [0, 0.05) is 6.20 Å². The van der Waals surface area contributed by atoms with Crippen molar-refractivity contribution in [3.63, 3.8) is 0 Å². The fourth-order valence-electron chi connectivity index (χ4n) is 0.829. The van der Waals surface area contributed by atoms with Gasteiger partial charge in [0.2, 0.25) is 0 Å². The Morgan fingerprint density at radius 3 is 2.82 bits per heavy atom. The molecular formula is C8H9IN2. The molecule has 0 N–H and O–H groups in total. The van der Waals surface area contributed by atoms with Crippen LogP contribution in [0.25, 0.3) is 11.8 Å². The number of allylic oxidation sites excluding steroid dienone is 1. The lowest BCUT2D eigenvalue weighted by Crippen LogP contribution is -1.94. The van der Waals surface area contributed by atoms with Crippen LogP contribution in [0.15, 0.2) is 19.4 Å². The summed E-state index contributed by atoms with van der Waals surface area (Å²) >= 11 is 2.20. The first-order valence-corrected chi connectivity index (χ1v) is 4.26. The summed E-state index contributed by atoms with van der Waals surface area (Å²) in [6.45, 7) is 9.43. The van der Waals surface area contributed by atoms with Crippen molar-refractivity contribution in [1.29, 1.82) is 0 Å². The van der Waals surface area contributed by atoms with E-state index in [9.17, 15) is 0 Å². The van der Waals surface area contributed by atoms with Gasteiger partial charge in [0.15, 0.2) is 0 Å². The van der Waals surface area contributed by atoms with Gasteiger partial charge in [-0.1, -0.05) is 13.2 Å². The van der Waals surface area contributed by atoms with E-state index in [1.54, 1.807) is 12.4 Å². The lowest BCUT2D eigenvalue weighted by molar-refractivity contribution is 1.07. The zero-order valence-corrected chi connectivity index (χ0v) is 8.50. The lowest BCUT2D eigenvalue weighted by Gasteiger charge is -2.00. The summed E-state index contributed by atoms with van der Waals surface area (Å²) < 4.78 is 2.96. The molecule has 0 saturated heterocycles. The average Bonchev–Trinajstić information content (AvgIpc) is 2.30. The smallest absolute Gasteiger partial charge is 0.139 e. The summed E-state index contributed by atoms with van der Waals surface area (Å²) in [5, 5.41) is 0. The molecule has 0 bridgehead atoms. The van der Waals surface area contributed by atoms with Gasteiger partial charge >= 0.3 is 0 Å². The van der Waals surface area contributed by atoms with Crippen LogP contribution in [0.4, 0.5) is 0 Å². The summed E-state index contributed by atoms with van der Waals surface area (Å²) in [4.78, 5) is 4.17. The Kier molecular flexibility index (Phi) is 2.49. The summed E-state index contributed by atoms with van der Waals surface area (Å²) in [7, 11) is 0. The normalized spacial score (nSPS) is 9.64. The van der Waals surface area contributed by atoms with E-state index in [2.05, 4.69) is 40.7 Å². The van der Waals surface area contributed by atoms with Crippen LogP contribution in [0.3, 0.4) is 0 Å². The van der Waals surface area contributed by atoms with Crippen LogP contribution >= 0.6 is 22.6 Å². The van der Waals surface area contributed by atoms with Crippen molar-refractivity contribution in [2.24, 2.45) is 0 Å². The van der Waals surface area contributed by atoms with E-state index in [1.165, 1.54) is 0 Å². The Labute approximate surface area is 79.8 Å². The minimum Gasteiger partial charge on any atom is -0.295 e. The molecule has 0 fully saturated rings. The lowest BCUT2D eigenvalue weighted by atomic mass is 10.3. The largest absolute Gasteiger partial charge is 0.295 e. The second-order valence-corrected chi connectivity index (χ2v) is 3.34. The molecule has 0 aliphatic rings. The summed E-state index contributed by atoms with van der Waals surface area (Å²) in [6.07, 6.45) is 3.53. The predicted octanol–water partition coefficient (Wildman–Crippen LogP) is 2.62. The maximum absolute atomic E-state index is 4.17. The maximum atomic E-state index is 4.17. The number of aromatic nitrogens is 2. The van der Waals surface area contributed by atoms with Crippen molar-refractivity contribution < 1.29 is 0 Å². The minimum atomic E-state index is 0.879. The molecule has 0 atom stereocenters. The number of halogens is 1. The maximum Gasteiger partial charge on any atom is 0.139 e. The molecule has 3 heteroatoms. The number of hydrogen-bond donors (Lipinski definition) is 0. The summed E-state index contributed by atoms with van der Waals surface area (Å²) in [6, 6.07) is 0. The Balaban J connectivity index is 3.26. The number of nitrogens with zero attached hydrogens (tertiary/aromatic N) is 2. The fraction of sp³-hybridized carbons (Fsp3) is 0.125. The van der Waals surface area contributed by atoms with E-state index >= 15 is 0 Å². The van der Waals surface area contributed by atoms with Crippen LogP contribution in [0.5, 0.6) is 0 Å². The number of imidazole rings is 1. The highest BCUT2D eigenvalue weighted by Crippen LogP contribution is 2.14. The van der Waals surface area contributed by atoms with Crippen LogP contribution in [-0.4, -0.2) is 9.55 Å². The third kappa shape index (κ3) is 1.53. The Morgan fingerprint density at radius 1 is 1.82 bits per heavy atom. The van der Waals surface area contributed by atoms with E-state index in [1.807, 2.05) is 11.5 Å². The number of rotatable bonds is 2. The van der Waals surface area contributed by atoms with E-state index in [-0.39, 0.29) is 0 Å². The fourth-order valence-corrected chi connectivity index (χ4v) is 1.39. The van der Waals surface area contributed by atoms with Gasteiger partial charge < -0.3 is 0 Å². The third-order valence-corrected chi connectivity index (χ3v) is 2.11. The molecule has 58 valence electrons. The van der Waals surface area contributed by atoms with E-state index < -0.39 is 0 Å². The monoisotopic (exact) mass is 260 g/mol. The van der Waals surface area contributed by atoms with Gasteiger partial charge in [-0.25, -0.2) is 4.98 Å². The highest BCUT2D eigenvalue weighted by atomic mass is 127. The molecule has 0 aliphatic heterocycles. The highest BCUT2D eigenvalue weighted by Gasteiger charge is 2.03. The Bertz CT molecular complexity index is 299. The second kappa shape index (κ2) is 3.21. The van der Waals surface area contributed by atoms with Crippen molar-refractivity contribution in [1.82, 2.24) is 9.55 Å². The number of hydrogen-bond acceptors (Lipinski definition) is 1. The molecule has 0 aromatic carbocycles. The molecule has 1 rings (SSSR count). The van der Waals surface area contributed by atoms with Gasteiger partial charge in [-0.2, -0.15) is 0 Å². The molecule has 1 aromatic rings. The zero-order valence-electron chi connectivity index (χ0n) is 6.34. The molecule has 0 unspecified atom stereocenters. The summed E-state index contributed by atoms with van der Waals surface area (Å²) in [5.41, 5.74) is 0.952. The molecular weight excluding hydrogens is 251 g/mol. The van der Waals surface area contributed by atoms with E-state index in [4.69, 9.17) is 0 Å².